The molecule has 0 saturated heterocycles. The molecule has 0 aliphatic carbocycles. The lowest BCUT2D eigenvalue weighted by Gasteiger charge is -2.08. The van der Waals surface area contributed by atoms with Gasteiger partial charge in [0.2, 0.25) is 0 Å². The molecule has 0 atom stereocenters. The number of sulfonamides is 1. The van der Waals surface area contributed by atoms with Gasteiger partial charge in [0, 0.05) is 24.9 Å². The zero-order valence-corrected chi connectivity index (χ0v) is 18.9. The summed E-state index contributed by atoms with van der Waals surface area (Å²) in [6.07, 6.45) is 0. The second kappa shape index (κ2) is 9.47. The third-order valence-corrected chi connectivity index (χ3v) is 7.18. The smallest absolute Gasteiger partial charge is 0.279 e. The predicted molar refractivity (Wildman–Crippen MR) is 125 cm³/mol. The molecule has 32 heavy (non-hydrogen) atoms. The topological polar surface area (TPSA) is 89.8 Å². The van der Waals surface area contributed by atoms with Gasteiger partial charge in [0.15, 0.2) is 4.80 Å². The van der Waals surface area contributed by atoms with Gasteiger partial charge in [-0.1, -0.05) is 47.7 Å². The van der Waals surface area contributed by atoms with E-state index in [0.717, 1.165) is 10.2 Å². The summed E-state index contributed by atoms with van der Waals surface area (Å²) >= 11 is 1.42. The maximum absolute atomic E-state index is 12.9. The molecule has 0 fully saturated rings. The van der Waals surface area contributed by atoms with Crippen molar-refractivity contribution < 1.29 is 17.9 Å². The number of para-hydroxylation sites is 1. The number of carbonyl (C=O) groups is 1. The molecule has 1 aromatic heterocycles. The summed E-state index contributed by atoms with van der Waals surface area (Å²) in [5, 5.41) is 0. The van der Waals surface area contributed by atoms with E-state index in [0.29, 0.717) is 23.6 Å². The molecule has 1 heterocycles. The van der Waals surface area contributed by atoms with Crippen LogP contribution in [0.4, 0.5) is 5.69 Å². The molecule has 4 aromatic rings. The number of hydrogen-bond acceptors (Lipinski definition) is 5. The van der Waals surface area contributed by atoms with E-state index in [1.807, 2.05) is 28.8 Å². The van der Waals surface area contributed by atoms with Gasteiger partial charge in [-0.15, -0.1) is 0 Å². The van der Waals surface area contributed by atoms with E-state index in [-0.39, 0.29) is 10.5 Å². The summed E-state index contributed by atoms with van der Waals surface area (Å²) in [4.78, 5) is 18.0. The minimum Gasteiger partial charge on any atom is -0.383 e. The molecular formula is C23H21N3O4S2. The molecular weight excluding hydrogens is 446 g/mol. The first-order valence-corrected chi connectivity index (χ1v) is 12.1. The average molecular weight is 468 g/mol. The van der Waals surface area contributed by atoms with E-state index < -0.39 is 15.9 Å². The second-order valence-corrected chi connectivity index (χ2v) is 9.60. The van der Waals surface area contributed by atoms with Gasteiger partial charge in [-0.25, -0.2) is 8.42 Å². The van der Waals surface area contributed by atoms with E-state index >= 15 is 0 Å². The van der Waals surface area contributed by atoms with Crippen LogP contribution >= 0.6 is 11.3 Å². The zero-order valence-electron chi connectivity index (χ0n) is 17.3. The van der Waals surface area contributed by atoms with Crippen molar-refractivity contribution in [1.82, 2.24) is 4.57 Å². The SMILES string of the molecule is COCCn1c(=NC(=O)c2cccc(NS(=O)(=O)c3ccccc3)c2)sc2ccccc21. The highest BCUT2D eigenvalue weighted by atomic mass is 32.2. The molecule has 0 aliphatic heterocycles. The molecule has 0 aliphatic rings. The summed E-state index contributed by atoms with van der Waals surface area (Å²) < 4.78 is 35.8. The van der Waals surface area contributed by atoms with Crippen molar-refractivity contribution in [2.75, 3.05) is 18.4 Å². The predicted octanol–water partition coefficient (Wildman–Crippen LogP) is 3.89. The Morgan fingerprint density at radius 3 is 2.56 bits per heavy atom. The average Bonchev–Trinajstić information content (AvgIpc) is 3.15. The van der Waals surface area contributed by atoms with Crippen LogP contribution in [0.25, 0.3) is 10.2 Å². The number of carbonyl (C=O) groups excluding carboxylic acids is 1. The van der Waals surface area contributed by atoms with E-state index in [4.69, 9.17) is 4.74 Å². The number of fused-ring (bicyclic) bond motifs is 1. The third kappa shape index (κ3) is 4.80. The Bertz CT molecular complexity index is 1420. The van der Waals surface area contributed by atoms with Crippen molar-refractivity contribution in [3.63, 3.8) is 0 Å². The quantitative estimate of drug-likeness (QED) is 0.447. The highest BCUT2D eigenvalue weighted by Crippen LogP contribution is 2.19. The van der Waals surface area contributed by atoms with E-state index in [1.165, 1.54) is 29.5 Å². The molecule has 1 N–H and O–H groups in total. The van der Waals surface area contributed by atoms with Crippen LogP contribution in [0.3, 0.4) is 0 Å². The standard InChI is InChI=1S/C23H21N3O4S2/c1-30-15-14-26-20-12-5-6-13-21(20)31-23(26)24-22(27)17-8-7-9-18(16-17)25-32(28,29)19-10-3-2-4-11-19/h2-13,16,25H,14-15H2,1H3. The fourth-order valence-electron chi connectivity index (χ4n) is 3.19. The number of ether oxygens (including phenoxy) is 1. The Labute approximate surface area is 189 Å². The Hall–Kier alpha value is -3.27. The number of hydrogen-bond donors (Lipinski definition) is 1. The van der Waals surface area contributed by atoms with Crippen LogP contribution in [-0.2, 0) is 21.3 Å². The maximum Gasteiger partial charge on any atom is 0.279 e. The number of rotatable bonds is 7. The molecule has 4 rings (SSSR count). The van der Waals surface area contributed by atoms with Gasteiger partial charge in [-0.3, -0.25) is 9.52 Å². The molecule has 164 valence electrons. The third-order valence-electron chi connectivity index (χ3n) is 4.72. The first-order chi connectivity index (χ1) is 15.5. The van der Waals surface area contributed by atoms with E-state index in [9.17, 15) is 13.2 Å². The lowest BCUT2D eigenvalue weighted by Crippen LogP contribution is -2.19. The number of thiazole rings is 1. The summed E-state index contributed by atoms with van der Waals surface area (Å²) in [5.74, 6) is -0.455. The van der Waals surface area contributed by atoms with Crippen molar-refractivity contribution in [2.24, 2.45) is 4.99 Å². The Kier molecular flexibility index (Phi) is 6.50. The van der Waals surface area contributed by atoms with Crippen molar-refractivity contribution in [2.45, 2.75) is 11.4 Å². The maximum atomic E-state index is 12.9. The van der Waals surface area contributed by atoms with Gasteiger partial charge in [0.25, 0.3) is 15.9 Å². The van der Waals surface area contributed by atoms with Gasteiger partial charge >= 0.3 is 0 Å². The van der Waals surface area contributed by atoms with Crippen LogP contribution in [-0.4, -0.2) is 32.6 Å². The number of aromatic nitrogens is 1. The number of nitrogens with one attached hydrogen (secondary N) is 1. The van der Waals surface area contributed by atoms with Crippen LogP contribution in [0.5, 0.6) is 0 Å². The van der Waals surface area contributed by atoms with Gasteiger partial charge in [-0.2, -0.15) is 4.99 Å². The molecule has 3 aromatic carbocycles. The summed E-state index contributed by atoms with van der Waals surface area (Å²) in [6.45, 7) is 1.04. The zero-order chi connectivity index (χ0) is 22.6. The lowest BCUT2D eigenvalue weighted by atomic mass is 10.2. The van der Waals surface area contributed by atoms with E-state index in [2.05, 4.69) is 9.71 Å². The number of methoxy groups -OCH3 is 1. The number of benzene rings is 3. The number of amides is 1. The van der Waals surface area contributed by atoms with Crippen LogP contribution in [0, 0.1) is 0 Å². The Morgan fingerprint density at radius 1 is 1.03 bits per heavy atom. The largest absolute Gasteiger partial charge is 0.383 e. The first-order valence-electron chi connectivity index (χ1n) is 9.82. The number of anilines is 1. The molecule has 0 bridgehead atoms. The minimum atomic E-state index is -3.76. The molecule has 0 radical (unpaired) electrons. The molecule has 9 heteroatoms. The Balaban J connectivity index is 1.66. The summed E-state index contributed by atoms with van der Waals surface area (Å²) in [6, 6.07) is 22.2. The van der Waals surface area contributed by atoms with Crippen molar-refractivity contribution in [3.8, 4) is 0 Å². The van der Waals surface area contributed by atoms with Crippen LogP contribution in [0.1, 0.15) is 10.4 Å². The van der Waals surface area contributed by atoms with Crippen molar-refractivity contribution >= 4 is 43.2 Å². The van der Waals surface area contributed by atoms with Crippen LogP contribution in [0.15, 0.2) is 88.8 Å². The minimum absolute atomic E-state index is 0.144. The van der Waals surface area contributed by atoms with Gasteiger partial charge in [-0.05, 0) is 42.5 Å². The van der Waals surface area contributed by atoms with Gasteiger partial charge in [0.1, 0.15) is 0 Å². The van der Waals surface area contributed by atoms with Crippen molar-refractivity contribution in [1.29, 1.82) is 0 Å². The summed E-state index contributed by atoms with van der Waals surface area (Å²) in [5.41, 5.74) is 1.55. The second-order valence-electron chi connectivity index (χ2n) is 6.91. The monoisotopic (exact) mass is 467 g/mol. The fraction of sp³-hybridized carbons (Fsp3) is 0.130. The van der Waals surface area contributed by atoms with Crippen LogP contribution in [0.2, 0.25) is 0 Å². The Morgan fingerprint density at radius 2 is 1.78 bits per heavy atom. The van der Waals surface area contributed by atoms with Crippen LogP contribution < -0.4 is 9.52 Å². The summed E-state index contributed by atoms with van der Waals surface area (Å²) in [7, 11) is -2.13. The van der Waals surface area contributed by atoms with Gasteiger partial charge in [0.05, 0.1) is 21.7 Å². The molecule has 0 spiro atoms. The van der Waals surface area contributed by atoms with E-state index in [1.54, 1.807) is 43.5 Å². The molecule has 7 nitrogen and oxygen atoms in total. The highest BCUT2D eigenvalue weighted by Gasteiger charge is 2.15. The van der Waals surface area contributed by atoms with Gasteiger partial charge < -0.3 is 9.30 Å². The normalized spacial score (nSPS) is 12.2. The lowest BCUT2D eigenvalue weighted by molar-refractivity contribution is 0.0997. The highest BCUT2D eigenvalue weighted by molar-refractivity contribution is 7.92. The molecule has 0 unspecified atom stereocenters. The van der Waals surface area contributed by atoms with Crippen molar-refractivity contribution in [3.05, 3.63) is 89.2 Å². The fourth-order valence-corrected chi connectivity index (χ4v) is 5.31. The first kappa shape index (κ1) is 21.9. The number of nitrogens with zero attached hydrogens (tertiary/aromatic N) is 2. The molecule has 0 saturated carbocycles. The molecule has 1 amide bonds.